The Labute approximate surface area is 132 Å². The van der Waals surface area contributed by atoms with Crippen LogP contribution in [0.4, 0.5) is 11.4 Å². The van der Waals surface area contributed by atoms with E-state index in [4.69, 9.17) is 5.73 Å². The largest absolute Gasteiger partial charge is 0.493 e. The van der Waals surface area contributed by atoms with E-state index < -0.39 is 5.91 Å². The molecular formula is C17H16N4O2. The van der Waals surface area contributed by atoms with E-state index in [1.165, 1.54) is 0 Å². The smallest absolute Gasteiger partial charge is 0.295 e. The van der Waals surface area contributed by atoms with Crippen molar-refractivity contribution in [1.82, 2.24) is 4.57 Å². The van der Waals surface area contributed by atoms with Crippen molar-refractivity contribution in [1.29, 1.82) is 0 Å². The summed E-state index contributed by atoms with van der Waals surface area (Å²) in [6.45, 7) is 2.51. The van der Waals surface area contributed by atoms with Gasteiger partial charge in [0.05, 0.1) is 5.52 Å². The molecule has 3 rings (SSSR count). The van der Waals surface area contributed by atoms with Crippen molar-refractivity contribution in [3.63, 3.8) is 0 Å². The van der Waals surface area contributed by atoms with Crippen LogP contribution in [0.25, 0.3) is 10.9 Å². The van der Waals surface area contributed by atoms with E-state index in [1.54, 1.807) is 28.8 Å². The molecule has 0 spiro atoms. The van der Waals surface area contributed by atoms with Gasteiger partial charge in [-0.2, -0.15) is 0 Å². The minimum atomic E-state index is -0.488. The van der Waals surface area contributed by atoms with E-state index in [2.05, 4.69) is 10.2 Å². The first-order valence-electron chi connectivity index (χ1n) is 7.23. The number of aromatic hydroxyl groups is 1. The number of carbonyl (C=O) groups is 1. The molecule has 6 nitrogen and oxygen atoms in total. The average Bonchev–Trinajstić information content (AvgIpc) is 2.84. The summed E-state index contributed by atoms with van der Waals surface area (Å²) in [5.41, 5.74) is 7.70. The van der Waals surface area contributed by atoms with Crippen molar-refractivity contribution >= 4 is 28.2 Å². The zero-order valence-electron chi connectivity index (χ0n) is 12.6. The van der Waals surface area contributed by atoms with Crippen molar-refractivity contribution in [2.75, 3.05) is 5.73 Å². The minimum absolute atomic E-state index is 0.00237. The summed E-state index contributed by atoms with van der Waals surface area (Å²) in [7, 11) is 0. The average molecular weight is 308 g/mol. The summed E-state index contributed by atoms with van der Waals surface area (Å²) in [6.07, 6.45) is 0. The van der Waals surface area contributed by atoms with E-state index in [0.29, 0.717) is 23.5 Å². The predicted octanol–water partition coefficient (Wildman–Crippen LogP) is 3.87. The molecule has 2 aromatic carbocycles. The van der Waals surface area contributed by atoms with E-state index in [1.807, 2.05) is 31.2 Å². The number of carbonyl (C=O) groups excluding carboxylic acids is 1. The molecule has 0 aliphatic carbocycles. The van der Waals surface area contributed by atoms with Crippen LogP contribution in [0.1, 0.15) is 17.3 Å². The van der Waals surface area contributed by atoms with Gasteiger partial charge in [0.25, 0.3) is 5.91 Å². The van der Waals surface area contributed by atoms with Gasteiger partial charge in [0.15, 0.2) is 5.69 Å². The molecule has 0 saturated carbocycles. The zero-order valence-corrected chi connectivity index (χ0v) is 12.6. The van der Waals surface area contributed by atoms with E-state index in [0.717, 1.165) is 10.9 Å². The second-order valence-corrected chi connectivity index (χ2v) is 5.06. The van der Waals surface area contributed by atoms with Gasteiger partial charge in [0.2, 0.25) is 5.88 Å². The summed E-state index contributed by atoms with van der Waals surface area (Å²) in [5.74, 6) is -0.486. The number of hydrogen-bond acceptors (Lipinski definition) is 4. The highest BCUT2D eigenvalue weighted by Crippen LogP contribution is 2.38. The monoisotopic (exact) mass is 308 g/mol. The van der Waals surface area contributed by atoms with Gasteiger partial charge in [0, 0.05) is 23.2 Å². The van der Waals surface area contributed by atoms with Gasteiger partial charge < -0.3 is 15.4 Å². The Morgan fingerprint density at radius 3 is 2.57 bits per heavy atom. The van der Waals surface area contributed by atoms with Crippen molar-refractivity contribution in [2.45, 2.75) is 13.5 Å². The fourth-order valence-electron chi connectivity index (χ4n) is 2.47. The molecule has 3 N–H and O–H groups in total. The summed E-state index contributed by atoms with van der Waals surface area (Å²) in [6, 6.07) is 13.9. The molecule has 1 aromatic heterocycles. The van der Waals surface area contributed by atoms with Gasteiger partial charge in [-0.3, -0.25) is 4.79 Å². The molecule has 3 aromatic rings. The Bertz CT molecular complexity index is 895. The van der Waals surface area contributed by atoms with E-state index in [-0.39, 0.29) is 5.88 Å². The van der Waals surface area contributed by atoms with Crippen molar-refractivity contribution in [3.8, 4) is 5.88 Å². The van der Waals surface area contributed by atoms with Crippen LogP contribution in [-0.4, -0.2) is 15.6 Å². The molecule has 0 unspecified atom stereocenters. The third kappa shape index (κ3) is 2.66. The molecule has 23 heavy (non-hydrogen) atoms. The number of nitrogens with two attached hydrogens (primary N) is 1. The third-order valence-corrected chi connectivity index (χ3v) is 3.63. The first-order valence-corrected chi connectivity index (χ1v) is 7.23. The number of nitrogens with zero attached hydrogens (tertiary/aromatic N) is 3. The highest BCUT2D eigenvalue weighted by atomic mass is 16.3. The van der Waals surface area contributed by atoms with Gasteiger partial charge in [-0.25, -0.2) is 0 Å². The summed E-state index contributed by atoms with van der Waals surface area (Å²) >= 11 is 0. The number of fused-ring (bicyclic) bond motifs is 1. The molecule has 0 aliphatic heterocycles. The Morgan fingerprint density at radius 1 is 1.17 bits per heavy atom. The second-order valence-electron chi connectivity index (χ2n) is 5.06. The number of para-hydroxylation sites is 1. The molecule has 1 heterocycles. The van der Waals surface area contributed by atoms with Gasteiger partial charge in [-0.1, -0.05) is 18.2 Å². The molecule has 0 radical (unpaired) electrons. The van der Waals surface area contributed by atoms with E-state index in [9.17, 15) is 9.90 Å². The number of aromatic nitrogens is 1. The molecule has 0 aliphatic rings. The molecule has 0 atom stereocenters. The number of benzene rings is 2. The minimum Gasteiger partial charge on any atom is -0.493 e. The fraction of sp³-hybridized carbons (Fsp3) is 0.118. The Balaban J connectivity index is 1.99. The number of azo groups is 1. The predicted molar refractivity (Wildman–Crippen MR) is 89.0 cm³/mol. The second kappa shape index (κ2) is 5.92. The summed E-state index contributed by atoms with van der Waals surface area (Å²) in [5, 5.41) is 18.8. The van der Waals surface area contributed by atoms with Crippen molar-refractivity contribution in [2.24, 2.45) is 10.2 Å². The van der Waals surface area contributed by atoms with Crippen LogP contribution < -0.4 is 5.73 Å². The summed E-state index contributed by atoms with van der Waals surface area (Å²) < 4.78 is 1.72. The van der Waals surface area contributed by atoms with Crippen LogP contribution in [0.15, 0.2) is 58.8 Å². The van der Waals surface area contributed by atoms with Gasteiger partial charge in [-0.15, -0.1) is 10.2 Å². The quantitative estimate of drug-likeness (QED) is 0.568. The van der Waals surface area contributed by atoms with Crippen LogP contribution in [0.5, 0.6) is 5.88 Å². The Hall–Kier alpha value is -3.15. The lowest BCUT2D eigenvalue weighted by Gasteiger charge is -2.00. The van der Waals surface area contributed by atoms with Gasteiger partial charge >= 0.3 is 0 Å². The van der Waals surface area contributed by atoms with Crippen LogP contribution in [-0.2, 0) is 6.54 Å². The summed E-state index contributed by atoms with van der Waals surface area (Å²) in [4.78, 5) is 12.1. The van der Waals surface area contributed by atoms with Crippen LogP contribution in [0.3, 0.4) is 0 Å². The molecule has 116 valence electrons. The standard InChI is InChI=1S/C17H16N4O2/c1-2-21-14-6-4-3-5-13(14)15(17(21)23)19-20-16(22)11-7-9-12(18)10-8-11/h3-10,23H,2,18H2,1H3. The van der Waals surface area contributed by atoms with Crippen LogP contribution >= 0.6 is 0 Å². The highest BCUT2D eigenvalue weighted by Gasteiger charge is 2.15. The lowest BCUT2D eigenvalue weighted by atomic mass is 10.2. The lowest BCUT2D eigenvalue weighted by molar-refractivity contribution is 0.0995. The molecule has 0 saturated heterocycles. The van der Waals surface area contributed by atoms with Crippen LogP contribution in [0, 0.1) is 0 Å². The SMILES string of the molecule is CCn1c(O)c(N=NC(=O)c2ccc(N)cc2)c2ccccc21. The normalized spacial score (nSPS) is 11.3. The number of anilines is 1. The molecule has 0 bridgehead atoms. The topological polar surface area (TPSA) is 93.0 Å². The lowest BCUT2D eigenvalue weighted by Crippen LogP contribution is -1.94. The van der Waals surface area contributed by atoms with Gasteiger partial charge in [0.1, 0.15) is 0 Å². The number of nitrogen functional groups attached to an aromatic ring is 1. The maximum absolute atomic E-state index is 12.1. The first kappa shape index (κ1) is 14.8. The highest BCUT2D eigenvalue weighted by molar-refractivity contribution is 5.97. The maximum atomic E-state index is 12.1. The number of rotatable bonds is 3. The van der Waals surface area contributed by atoms with Crippen LogP contribution in [0.2, 0.25) is 0 Å². The van der Waals surface area contributed by atoms with E-state index >= 15 is 0 Å². The first-order chi connectivity index (χ1) is 11.1. The Morgan fingerprint density at radius 2 is 1.87 bits per heavy atom. The molecule has 6 heteroatoms. The van der Waals surface area contributed by atoms with Gasteiger partial charge in [-0.05, 0) is 37.3 Å². The number of amides is 1. The molecule has 0 fully saturated rings. The number of aryl methyl sites for hydroxylation is 1. The molecule has 1 amide bonds. The zero-order chi connectivity index (χ0) is 16.4. The molecular weight excluding hydrogens is 292 g/mol. The Kier molecular flexibility index (Phi) is 3.80. The number of hydrogen-bond donors (Lipinski definition) is 2. The van der Waals surface area contributed by atoms with Crippen molar-refractivity contribution in [3.05, 3.63) is 54.1 Å². The fourth-order valence-corrected chi connectivity index (χ4v) is 2.47. The van der Waals surface area contributed by atoms with Crippen molar-refractivity contribution < 1.29 is 9.90 Å². The maximum Gasteiger partial charge on any atom is 0.295 e. The third-order valence-electron chi connectivity index (χ3n) is 3.63.